The van der Waals surface area contributed by atoms with Crippen LogP contribution < -0.4 is 5.32 Å². The first-order valence-electron chi connectivity index (χ1n) is 8.33. The van der Waals surface area contributed by atoms with Gasteiger partial charge >= 0.3 is 6.18 Å². The number of alkyl halides is 3. The molecule has 0 unspecified atom stereocenters. The minimum absolute atomic E-state index is 0.0197. The van der Waals surface area contributed by atoms with Gasteiger partial charge in [0.15, 0.2) is 0 Å². The maximum atomic E-state index is 13.0. The third-order valence-corrected chi connectivity index (χ3v) is 4.75. The molecule has 1 N–H and O–H groups in total. The second-order valence-corrected chi connectivity index (χ2v) is 6.79. The molecule has 0 radical (unpaired) electrons. The number of para-hydroxylation sites is 1. The highest BCUT2D eigenvalue weighted by molar-refractivity contribution is 8.00. The summed E-state index contributed by atoms with van der Waals surface area (Å²) in [6.07, 6.45) is -4.60. The molecule has 2 amide bonds. The summed E-state index contributed by atoms with van der Waals surface area (Å²) >= 11 is 1.18. The Bertz CT molecular complexity index is 825. The van der Waals surface area contributed by atoms with Crippen molar-refractivity contribution in [1.82, 2.24) is 4.90 Å². The topological polar surface area (TPSA) is 49.4 Å². The lowest BCUT2D eigenvalue weighted by Gasteiger charge is -2.21. The van der Waals surface area contributed by atoms with Crippen molar-refractivity contribution in [1.29, 1.82) is 0 Å². The van der Waals surface area contributed by atoms with Crippen LogP contribution in [0.15, 0.2) is 53.4 Å². The molecule has 2 aromatic carbocycles. The molecule has 0 saturated heterocycles. The van der Waals surface area contributed by atoms with Gasteiger partial charge in [0.25, 0.3) is 0 Å². The van der Waals surface area contributed by atoms with E-state index in [0.717, 1.165) is 12.1 Å². The van der Waals surface area contributed by atoms with Gasteiger partial charge in [0.1, 0.15) is 5.82 Å². The van der Waals surface area contributed by atoms with Gasteiger partial charge in [-0.25, -0.2) is 4.39 Å². The number of rotatable bonds is 7. The number of nitrogens with zero attached hydrogens (tertiary/aromatic N) is 1. The molecule has 28 heavy (non-hydrogen) atoms. The number of hydrogen-bond acceptors (Lipinski definition) is 3. The molecular formula is C19H18F4N2O2S. The number of nitrogens with one attached hydrogen (secondary N) is 1. The summed E-state index contributed by atoms with van der Waals surface area (Å²) in [6.45, 7) is 1.51. The Balaban J connectivity index is 1.95. The average molecular weight is 414 g/mol. The van der Waals surface area contributed by atoms with Gasteiger partial charge in [-0.3, -0.25) is 9.59 Å². The molecule has 0 heterocycles. The number of carbonyl (C=O) groups excluding carboxylic acids is 2. The highest BCUT2D eigenvalue weighted by Crippen LogP contribution is 2.34. The zero-order valence-electron chi connectivity index (χ0n) is 14.9. The standard InChI is InChI=1S/C19H18F4N2O2S/c1-2-25(18(27)12-28-14-9-7-13(20)8-10-14)11-17(26)24-16-6-4-3-5-15(16)19(21,22)23/h3-10H,2,11-12H2,1H3,(H,24,26). The molecule has 2 rings (SSSR count). The number of benzene rings is 2. The molecule has 4 nitrogen and oxygen atoms in total. The number of amides is 2. The predicted molar refractivity (Wildman–Crippen MR) is 99.5 cm³/mol. The van der Waals surface area contributed by atoms with Crippen LogP contribution in [-0.2, 0) is 15.8 Å². The molecule has 0 bridgehead atoms. The van der Waals surface area contributed by atoms with E-state index >= 15 is 0 Å². The number of likely N-dealkylation sites (N-methyl/N-ethyl adjacent to an activating group) is 1. The number of anilines is 1. The van der Waals surface area contributed by atoms with Crippen LogP contribution >= 0.6 is 11.8 Å². The van der Waals surface area contributed by atoms with E-state index in [-0.39, 0.29) is 36.3 Å². The number of halogens is 4. The SMILES string of the molecule is CCN(CC(=O)Nc1ccccc1C(F)(F)F)C(=O)CSc1ccc(F)cc1. The predicted octanol–water partition coefficient (Wildman–Crippen LogP) is 4.42. The van der Waals surface area contributed by atoms with Crippen LogP contribution in [0.2, 0.25) is 0 Å². The highest BCUT2D eigenvalue weighted by Gasteiger charge is 2.33. The van der Waals surface area contributed by atoms with Crippen molar-refractivity contribution in [3.8, 4) is 0 Å². The van der Waals surface area contributed by atoms with Gasteiger partial charge in [0.05, 0.1) is 23.5 Å². The van der Waals surface area contributed by atoms with E-state index in [4.69, 9.17) is 0 Å². The minimum Gasteiger partial charge on any atom is -0.333 e. The number of carbonyl (C=O) groups is 2. The third-order valence-electron chi connectivity index (χ3n) is 3.75. The van der Waals surface area contributed by atoms with Gasteiger partial charge in [-0.2, -0.15) is 13.2 Å². The summed E-state index contributed by atoms with van der Waals surface area (Å²) in [7, 11) is 0. The van der Waals surface area contributed by atoms with Crippen LogP contribution in [0.3, 0.4) is 0 Å². The largest absolute Gasteiger partial charge is 0.418 e. The third kappa shape index (κ3) is 6.26. The van der Waals surface area contributed by atoms with Crippen molar-refractivity contribution < 1.29 is 27.2 Å². The molecule has 2 aromatic rings. The van der Waals surface area contributed by atoms with Crippen molar-refractivity contribution in [2.24, 2.45) is 0 Å². The van der Waals surface area contributed by atoms with Gasteiger partial charge in [-0.15, -0.1) is 11.8 Å². The normalized spacial score (nSPS) is 11.2. The first kappa shape index (κ1) is 21.7. The van der Waals surface area contributed by atoms with Crippen molar-refractivity contribution in [2.75, 3.05) is 24.2 Å². The molecular weight excluding hydrogens is 396 g/mol. The van der Waals surface area contributed by atoms with Crippen LogP contribution in [0.4, 0.5) is 23.2 Å². The summed E-state index contributed by atoms with van der Waals surface area (Å²) in [5, 5.41) is 2.22. The molecule has 0 fully saturated rings. The Morgan fingerprint density at radius 1 is 1.07 bits per heavy atom. The molecule has 0 aliphatic carbocycles. The van der Waals surface area contributed by atoms with Gasteiger partial charge in [0, 0.05) is 11.4 Å². The van der Waals surface area contributed by atoms with Gasteiger partial charge < -0.3 is 10.2 Å². The second kappa shape index (κ2) is 9.59. The average Bonchev–Trinajstić information content (AvgIpc) is 2.65. The summed E-state index contributed by atoms with van der Waals surface area (Å²) in [4.78, 5) is 26.4. The quantitative estimate of drug-likeness (QED) is 0.539. The number of hydrogen-bond donors (Lipinski definition) is 1. The van der Waals surface area contributed by atoms with E-state index in [2.05, 4.69) is 5.32 Å². The summed E-state index contributed by atoms with van der Waals surface area (Å²) in [6, 6.07) is 10.3. The molecule has 0 aromatic heterocycles. The fourth-order valence-corrected chi connectivity index (χ4v) is 3.15. The van der Waals surface area contributed by atoms with E-state index in [1.807, 2.05) is 0 Å². The van der Waals surface area contributed by atoms with Crippen LogP contribution in [0.1, 0.15) is 12.5 Å². The Kier molecular flexibility index (Phi) is 7.45. The van der Waals surface area contributed by atoms with E-state index in [1.165, 1.54) is 53.1 Å². The zero-order valence-corrected chi connectivity index (χ0v) is 15.7. The van der Waals surface area contributed by atoms with E-state index in [0.29, 0.717) is 4.90 Å². The smallest absolute Gasteiger partial charge is 0.333 e. The lowest BCUT2D eigenvalue weighted by molar-refractivity contribution is -0.137. The molecule has 0 saturated carbocycles. The second-order valence-electron chi connectivity index (χ2n) is 5.74. The number of thioether (sulfide) groups is 1. The Morgan fingerprint density at radius 2 is 1.71 bits per heavy atom. The van der Waals surface area contributed by atoms with Crippen LogP contribution in [0.5, 0.6) is 0 Å². The van der Waals surface area contributed by atoms with E-state index < -0.39 is 17.6 Å². The molecule has 0 aliphatic rings. The van der Waals surface area contributed by atoms with E-state index in [1.54, 1.807) is 6.92 Å². The molecule has 0 atom stereocenters. The van der Waals surface area contributed by atoms with Gasteiger partial charge in [0.2, 0.25) is 11.8 Å². The monoisotopic (exact) mass is 414 g/mol. The van der Waals surface area contributed by atoms with Crippen LogP contribution in [0, 0.1) is 5.82 Å². The zero-order chi connectivity index (χ0) is 20.7. The fourth-order valence-electron chi connectivity index (χ4n) is 2.35. The lowest BCUT2D eigenvalue weighted by atomic mass is 10.1. The first-order chi connectivity index (χ1) is 13.2. The van der Waals surface area contributed by atoms with Crippen molar-refractivity contribution >= 4 is 29.3 Å². The minimum atomic E-state index is -4.60. The van der Waals surface area contributed by atoms with Crippen molar-refractivity contribution in [3.05, 3.63) is 59.9 Å². The maximum Gasteiger partial charge on any atom is 0.418 e. The van der Waals surface area contributed by atoms with Crippen LogP contribution in [-0.4, -0.2) is 35.6 Å². The van der Waals surface area contributed by atoms with Crippen molar-refractivity contribution in [3.63, 3.8) is 0 Å². The molecule has 150 valence electrons. The van der Waals surface area contributed by atoms with Gasteiger partial charge in [-0.05, 0) is 43.3 Å². The Labute approximate surface area is 163 Å². The van der Waals surface area contributed by atoms with Crippen LogP contribution in [0.25, 0.3) is 0 Å². The first-order valence-corrected chi connectivity index (χ1v) is 9.31. The molecule has 0 spiro atoms. The Hall–Kier alpha value is -2.55. The fraction of sp³-hybridized carbons (Fsp3) is 0.263. The summed E-state index contributed by atoms with van der Waals surface area (Å²) < 4.78 is 51.9. The molecule has 0 aliphatic heterocycles. The molecule has 9 heteroatoms. The maximum absolute atomic E-state index is 13.0. The highest BCUT2D eigenvalue weighted by atomic mass is 32.2. The summed E-state index contributed by atoms with van der Waals surface area (Å²) in [5.74, 6) is -1.44. The Morgan fingerprint density at radius 3 is 2.32 bits per heavy atom. The van der Waals surface area contributed by atoms with Crippen molar-refractivity contribution in [2.45, 2.75) is 18.0 Å². The van der Waals surface area contributed by atoms with E-state index in [9.17, 15) is 27.2 Å². The van der Waals surface area contributed by atoms with Gasteiger partial charge in [-0.1, -0.05) is 12.1 Å². The summed E-state index contributed by atoms with van der Waals surface area (Å²) in [5.41, 5.74) is -1.31. The lowest BCUT2D eigenvalue weighted by Crippen LogP contribution is -2.39.